The van der Waals surface area contributed by atoms with Crippen LogP contribution in [0.2, 0.25) is 5.02 Å². The van der Waals surface area contributed by atoms with Crippen LogP contribution in [0, 0.1) is 5.92 Å². The highest BCUT2D eigenvalue weighted by molar-refractivity contribution is 7.88. The smallest absolute Gasteiger partial charge is 0.218 e. The Hall–Kier alpha value is -0.660. The van der Waals surface area contributed by atoms with Gasteiger partial charge in [0, 0.05) is 38.8 Å². The van der Waals surface area contributed by atoms with Gasteiger partial charge in [0.25, 0.3) is 0 Å². The first-order valence-electron chi connectivity index (χ1n) is 7.80. The molecule has 0 unspecified atom stereocenters. The van der Waals surface area contributed by atoms with Gasteiger partial charge in [0.2, 0.25) is 10.0 Å². The molecule has 1 fully saturated rings. The van der Waals surface area contributed by atoms with Crippen LogP contribution in [0.15, 0.2) is 24.3 Å². The Morgan fingerprint density at radius 3 is 2.70 bits per heavy atom. The van der Waals surface area contributed by atoms with Crippen LogP contribution < -0.4 is 0 Å². The fraction of sp³-hybridized carbons (Fsp3) is 0.625. The summed E-state index contributed by atoms with van der Waals surface area (Å²) >= 11 is 5.84. The van der Waals surface area contributed by atoms with Crippen molar-refractivity contribution in [3.63, 3.8) is 0 Å². The lowest BCUT2D eigenvalue weighted by Crippen LogP contribution is -2.34. The van der Waals surface area contributed by atoms with Gasteiger partial charge in [-0.05, 0) is 36.6 Å². The van der Waals surface area contributed by atoms with E-state index in [1.807, 2.05) is 0 Å². The molecule has 130 valence electrons. The van der Waals surface area contributed by atoms with E-state index in [0.717, 1.165) is 38.2 Å². The first-order valence-corrected chi connectivity index (χ1v) is 9.79. The van der Waals surface area contributed by atoms with Crippen molar-refractivity contribution in [2.75, 3.05) is 46.9 Å². The van der Waals surface area contributed by atoms with Gasteiger partial charge in [-0.15, -0.1) is 0 Å². The maximum atomic E-state index is 12.5. The van der Waals surface area contributed by atoms with Gasteiger partial charge in [0.05, 0.1) is 12.4 Å². The third-order valence-corrected chi connectivity index (χ3v) is 6.28. The summed E-state index contributed by atoms with van der Waals surface area (Å²) < 4.78 is 31.6. The van der Waals surface area contributed by atoms with Crippen LogP contribution in [0.3, 0.4) is 0 Å². The quantitative estimate of drug-likeness (QED) is 0.712. The minimum Gasteiger partial charge on any atom is -0.383 e. The Labute approximate surface area is 144 Å². The average Bonchev–Trinajstić information content (AvgIpc) is 2.95. The Bertz CT molecular complexity index is 592. The number of hydrogen-bond donors (Lipinski definition) is 0. The number of sulfonamides is 1. The van der Waals surface area contributed by atoms with Gasteiger partial charge in [-0.3, -0.25) is 0 Å². The maximum Gasteiger partial charge on any atom is 0.218 e. The second kappa shape index (κ2) is 8.44. The lowest BCUT2D eigenvalue weighted by Gasteiger charge is -2.21. The summed E-state index contributed by atoms with van der Waals surface area (Å²) in [7, 11) is 0.0677. The summed E-state index contributed by atoms with van der Waals surface area (Å²) in [5.74, 6) is 0.401. The van der Waals surface area contributed by atoms with E-state index in [1.54, 1.807) is 38.4 Å². The zero-order valence-corrected chi connectivity index (χ0v) is 15.3. The highest BCUT2D eigenvalue weighted by Gasteiger charge is 2.27. The molecule has 0 N–H and O–H groups in total. The normalized spacial score (nSPS) is 19.6. The molecule has 1 aliphatic rings. The number of nitrogens with zero attached hydrogens (tertiary/aromatic N) is 2. The number of methoxy groups -OCH3 is 1. The lowest BCUT2D eigenvalue weighted by molar-refractivity contribution is 0.158. The standard InChI is InChI=1S/C16H25ClN2O3S/c1-18(11-15-7-8-19(12-15)9-10-22-2)23(20,21)13-14-3-5-16(17)6-4-14/h3-6,15H,7-13H2,1-2H3/t15-/m1/s1. The number of hydrogen-bond acceptors (Lipinski definition) is 4. The molecule has 1 heterocycles. The molecule has 1 atom stereocenters. The molecule has 1 saturated heterocycles. The fourth-order valence-electron chi connectivity index (χ4n) is 2.86. The van der Waals surface area contributed by atoms with Crippen molar-refractivity contribution in [1.29, 1.82) is 0 Å². The molecular formula is C16H25ClN2O3S. The Kier molecular flexibility index (Phi) is 6.85. The molecule has 0 aromatic heterocycles. The molecule has 1 aliphatic heterocycles. The Balaban J connectivity index is 1.86. The van der Waals surface area contributed by atoms with Crippen molar-refractivity contribution in [3.8, 4) is 0 Å². The topological polar surface area (TPSA) is 49.9 Å². The second-order valence-electron chi connectivity index (χ2n) is 6.11. The molecule has 0 saturated carbocycles. The zero-order chi connectivity index (χ0) is 16.9. The molecule has 5 nitrogen and oxygen atoms in total. The molecule has 0 spiro atoms. The second-order valence-corrected chi connectivity index (χ2v) is 8.62. The molecule has 2 rings (SSSR count). The molecule has 0 bridgehead atoms. The minimum absolute atomic E-state index is 0.0147. The molecule has 23 heavy (non-hydrogen) atoms. The van der Waals surface area contributed by atoms with E-state index in [-0.39, 0.29) is 5.75 Å². The van der Waals surface area contributed by atoms with Crippen LogP contribution in [0.25, 0.3) is 0 Å². The van der Waals surface area contributed by atoms with Crippen molar-refractivity contribution >= 4 is 21.6 Å². The van der Waals surface area contributed by atoms with Gasteiger partial charge in [0.1, 0.15) is 0 Å². The Morgan fingerprint density at radius 2 is 2.04 bits per heavy atom. The van der Waals surface area contributed by atoms with E-state index >= 15 is 0 Å². The van der Waals surface area contributed by atoms with Crippen LogP contribution in [-0.2, 0) is 20.5 Å². The van der Waals surface area contributed by atoms with E-state index < -0.39 is 10.0 Å². The summed E-state index contributed by atoms with van der Waals surface area (Å²) in [6.45, 7) is 4.15. The first kappa shape index (κ1) is 18.7. The van der Waals surface area contributed by atoms with Gasteiger partial charge >= 0.3 is 0 Å². The maximum absolute atomic E-state index is 12.5. The van der Waals surface area contributed by atoms with Crippen molar-refractivity contribution in [1.82, 2.24) is 9.21 Å². The lowest BCUT2D eigenvalue weighted by atomic mass is 10.1. The number of ether oxygens (including phenoxy) is 1. The van der Waals surface area contributed by atoms with Crippen LogP contribution >= 0.6 is 11.6 Å². The van der Waals surface area contributed by atoms with Gasteiger partial charge in [-0.25, -0.2) is 12.7 Å². The summed E-state index contributed by atoms with van der Waals surface area (Å²) in [6, 6.07) is 6.96. The summed E-state index contributed by atoms with van der Waals surface area (Å²) in [6.07, 6.45) is 1.03. The SMILES string of the molecule is COCCN1CC[C@H](CN(C)S(=O)(=O)Cc2ccc(Cl)cc2)C1. The van der Waals surface area contributed by atoms with E-state index in [1.165, 1.54) is 4.31 Å². The van der Waals surface area contributed by atoms with Crippen LogP contribution in [0.1, 0.15) is 12.0 Å². The van der Waals surface area contributed by atoms with Gasteiger partial charge in [-0.1, -0.05) is 23.7 Å². The molecule has 1 aromatic rings. The van der Waals surface area contributed by atoms with Crippen LogP contribution in [0.5, 0.6) is 0 Å². The molecule has 1 aromatic carbocycles. The summed E-state index contributed by atoms with van der Waals surface area (Å²) in [5, 5.41) is 0.613. The predicted molar refractivity (Wildman–Crippen MR) is 93.1 cm³/mol. The first-order chi connectivity index (χ1) is 10.9. The van der Waals surface area contributed by atoms with Crippen molar-refractivity contribution < 1.29 is 13.2 Å². The third-order valence-electron chi connectivity index (χ3n) is 4.23. The molecule has 0 radical (unpaired) electrons. The minimum atomic E-state index is -3.30. The van der Waals surface area contributed by atoms with Crippen molar-refractivity contribution in [2.24, 2.45) is 5.92 Å². The number of rotatable bonds is 8. The van der Waals surface area contributed by atoms with Crippen molar-refractivity contribution in [3.05, 3.63) is 34.9 Å². The molecule has 7 heteroatoms. The monoisotopic (exact) mass is 360 g/mol. The zero-order valence-electron chi connectivity index (χ0n) is 13.7. The van der Waals surface area contributed by atoms with E-state index in [9.17, 15) is 8.42 Å². The van der Waals surface area contributed by atoms with Crippen LogP contribution in [0.4, 0.5) is 0 Å². The number of benzene rings is 1. The highest BCUT2D eigenvalue weighted by atomic mass is 35.5. The predicted octanol–water partition coefficient (Wildman–Crippen LogP) is 2.07. The van der Waals surface area contributed by atoms with Gasteiger partial charge < -0.3 is 9.64 Å². The average molecular weight is 361 g/mol. The van der Waals surface area contributed by atoms with E-state index in [4.69, 9.17) is 16.3 Å². The van der Waals surface area contributed by atoms with Crippen LogP contribution in [-0.4, -0.2) is 64.6 Å². The third kappa shape index (κ3) is 5.72. The number of likely N-dealkylation sites (tertiary alicyclic amines) is 1. The molecular weight excluding hydrogens is 336 g/mol. The van der Waals surface area contributed by atoms with E-state index in [2.05, 4.69) is 4.90 Å². The molecule has 0 amide bonds. The summed E-state index contributed by atoms with van der Waals surface area (Å²) in [4.78, 5) is 2.33. The fourth-order valence-corrected chi connectivity index (χ4v) is 4.26. The molecule has 0 aliphatic carbocycles. The van der Waals surface area contributed by atoms with E-state index in [0.29, 0.717) is 17.5 Å². The van der Waals surface area contributed by atoms with Gasteiger partial charge in [0.15, 0.2) is 0 Å². The highest BCUT2D eigenvalue weighted by Crippen LogP contribution is 2.19. The number of halogens is 1. The van der Waals surface area contributed by atoms with Crippen molar-refractivity contribution in [2.45, 2.75) is 12.2 Å². The largest absolute Gasteiger partial charge is 0.383 e. The summed E-state index contributed by atoms with van der Waals surface area (Å²) in [5.41, 5.74) is 0.759. The van der Waals surface area contributed by atoms with Gasteiger partial charge in [-0.2, -0.15) is 0 Å². The Morgan fingerprint density at radius 1 is 1.35 bits per heavy atom.